The summed E-state index contributed by atoms with van der Waals surface area (Å²) in [7, 11) is 0. The van der Waals surface area contributed by atoms with E-state index in [1.54, 1.807) is 0 Å². The third kappa shape index (κ3) is 2.25. The number of fused-ring (bicyclic) bond motifs is 1. The number of hydrogen-bond acceptors (Lipinski definition) is 2. The summed E-state index contributed by atoms with van der Waals surface area (Å²) in [5.74, 6) is 0.588. The topological polar surface area (TPSA) is 24.4 Å². The number of nitrogens with one attached hydrogen (secondary N) is 1. The van der Waals surface area contributed by atoms with Crippen LogP contribution in [0.1, 0.15) is 11.1 Å². The van der Waals surface area contributed by atoms with Crippen LogP contribution in [-0.4, -0.2) is 5.71 Å². The molecule has 19 heavy (non-hydrogen) atoms. The molecule has 0 saturated carbocycles. The first-order chi connectivity index (χ1) is 9.15. The van der Waals surface area contributed by atoms with E-state index in [1.165, 1.54) is 0 Å². The molecule has 0 saturated heterocycles. The number of benzene rings is 2. The largest absolute Gasteiger partial charge is 0.340 e. The predicted molar refractivity (Wildman–Crippen MR) is 81.3 cm³/mol. The van der Waals surface area contributed by atoms with E-state index in [2.05, 4.69) is 16.9 Å². The zero-order valence-corrected chi connectivity index (χ0v) is 11.5. The monoisotopic (exact) mass is 288 g/mol. The van der Waals surface area contributed by atoms with Crippen LogP contribution in [0.2, 0.25) is 10.0 Å². The molecule has 2 aromatic carbocycles. The van der Waals surface area contributed by atoms with Crippen molar-refractivity contribution in [3.05, 3.63) is 76.0 Å². The van der Waals surface area contributed by atoms with Crippen molar-refractivity contribution in [2.45, 2.75) is 0 Å². The Bertz CT molecular complexity index is 705. The maximum absolute atomic E-state index is 6.25. The van der Waals surface area contributed by atoms with Crippen LogP contribution in [0.25, 0.3) is 0 Å². The van der Waals surface area contributed by atoms with Gasteiger partial charge in [-0.25, -0.2) is 4.99 Å². The maximum Gasteiger partial charge on any atom is 0.123 e. The van der Waals surface area contributed by atoms with Crippen molar-refractivity contribution in [3.8, 4) is 0 Å². The van der Waals surface area contributed by atoms with Crippen LogP contribution in [-0.2, 0) is 0 Å². The summed E-state index contributed by atoms with van der Waals surface area (Å²) in [6.07, 6.45) is 0. The average molecular weight is 289 g/mol. The Hall–Kier alpha value is -1.77. The average Bonchev–Trinajstić information content (AvgIpc) is 2.39. The minimum absolute atomic E-state index is 0.588. The summed E-state index contributed by atoms with van der Waals surface area (Å²) >= 11 is 12.3. The molecule has 1 aliphatic heterocycles. The molecule has 1 heterocycles. The zero-order valence-electron chi connectivity index (χ0n) is 9.95. The number of halogens is 2. The van der Waals surface area contributed by atoms with Crippen LogP contribution in [0.4, 0.5) is 5.69 Å². The highest BCUT2D eigenvalue weighted by molar-refractivity contribution is 6.36. The van der Waals surface area contributed by atoms with Gasteiger partial charge in [0.1, 0.15) is 5.82 Å². The molecular formula is C15H10Cl2N2. The maximum atomic E-state index is 6.25. The summed E-state index contributed by atoms with van der Waals surface area (Å²) in [5, 5.41) is 4.44. The van der Waals surface area contributed by atoms with Gasteiger partial charge >= 0.3 is 0 Å². The molecule has 0 atom stereocenters. The van der Waals surface area contributed by atoms with Crippen LogP contribution in [0.5, 0.6) is 0 Å². The Morgan fingerprint density at radius 1 is 1.00 bits per heavy atom. The molecule has 0 amide bonds. The normalized spacial score (nSPS) is 13.6. The molecule has 0 radical (unpaired) electrons. The van der Waals surface area contributed by atoms with Crippen molar-refractivity contribution in [3.63, 3.8) is 0 Å². The smallest absolute Gasteiger partial charge is 0.123 e. The van der Waals surface area contributed by atoms with Gasteiger partial charge in [-0.2, -0.15) is 0 Å². The lowest BCUT2D eigenvalue weighted by molar-refractivity contribution is 1.27. The number of aliphatic imine (C=N–C) groups is 1. The van der Waals surface area contributed by atoms with Crippen molar-refractivity contribution in [2.75, 3.05) is 5.32 Å². The molecule has 0 fully saturated rings. The SMILES string of the molecule is C=C1N=C(c2ccccc2Cl)c2cc(Cl)ccc2N1. The molecule has 2 nitrogen and oxygen atoms in total. The molecule has 0 aromatic heterocycles. The van der Waals surface area contributed by atoms with Gasteiger partial charge in [-0.15, -0.1) is 0 Å². The number of anilines is 1. The molecular weight excluding hydrogens is 279 g/mol. The lowest BCUT2D eigenvalue weighted by Gasteiger charge is -2.20. The molecule has 1 N–H and O–H groups in total. The quantitative estimate of drug-likeness (QED) is 0.806. The summed E-state index contributed by atoms with van der Waals surface area (Å²) in [6, 6.07) is 13.2. The molecule has 1 aliphatic rings. The molecule has 2 aromatic rings. The van der Waals surface area contributed by atoms with Gasteiger partial charge in [-0.3, -0.25) is 0 Å². The van der Waals surface area contributed by atoms with Crippen molar-refractivity contribution in [1.29, 1.82) is 0 Å². The second kappa shape index (κ2) is 4.72. The summed E-state index contributed by atoms with van der Waals surface area (Å²) < 4.78 is 0. The van der Waals surface area contributed by atoms with Crippen molar-refractivity contribution in [2.24, 2.45) is 4.99 Å². The molecule has 0 bridgehead atoms. The number of rotatable bonds is 1. The molecule has 4 heteroatoms. The van der Waals surface area contributed by atoms with Crippen molar-refractivity contribution < 1.29 is 0 Å². The first kappa shape index (κ1) is 12.3. The van der Waals surface area contributed by atoms with Gasteiger partial charge in [0.25, 0.3) is 0 Å². The van der Waals surface area contributed by atoms with Gasteiger partial charge in [0, 0.05) is 26.9 Å². The Kier molecular flexibility index (Phi) is 3.05. The van der Waals surface area contributed by atoms with E-state index in [-0.39, 0.29) is 0 Å². The first-order valence-electron chi connectivity index (χ1n) is 5.74. The molecule has 94 valence electrons. The van der Waals surface area contributed by atoms with Gasteiger partial charge < -0.3 is 5.32 Å². The Morgan fingerprint density at radius 2 is 1.79 bits per heavy atom. The van der Waals surface area contributed by atoms with E-state index < -0.39 is 0 Å². The second-order valence-corrected chi connectivity index (χ2v) is 5.05. The third-order valence-corrected chi connectivity index (χ3v) is 3.46. The fraction of sp³-hybridized carbons (Fsp3) is 0. The van der Waals surface area contributed by atoms with E-state index in [1.807, 2.05) is 42.5 Å². The highest BCUT2D eigenvalue weighted by atomic mass is 35.5. The second-order valence-electron chi connectivity index (χ2n) is 4.20. The molecule has 3 rings (SSSR count). The van der Waals surface area contributed by atoms with Crippen LogP contribution < -0.4 is 5.32 Å². The van der Waals surface area contributed by atoms with Gasteiger partial charge in [0.2, 0.25) is 0 Å². The highest BCUT2D eigenvalue weighted by Gasteiger charge is 2.19. The van der Waals surface area contributed by atoms with E-state index in [0.717, 1.165) is 22.5 Å². The van der Waals surface area contributed by atoms with E-state index >= 15 is 0 Å². The van der Waals surface area contributed by atoms with E-state index in [9.17, 15) is 0 Å². The van der Waals surface area contributed by atoms with Crippen molar-refractivity contribution in [1.82, 2.24) is 0 Å². The molecule has 0 spiro atoms. The first-order valence-corrected chi connectivity index (χ1v) is 6.50. The van der Waals surface area contributed by atoms with Crippen LogP contribution >= 0.6 is 23.2 Å². The summed E-state index contributed by atoms with van der Waals surface area (Å²) in [5.41, 5.74) is 3.51. The zero-order chi connectivity index (χ0) is 13.4. The Labute approximate surface area is 121 Å². The molecule has 0 unspecified atom stereocenters. The van der Waals surface area contributed by atoms with E-state index in [0.29, 0.717) is 15.9 Å². The highest BCUT2D eigenvalue weighted by Crippen LogP contribution is 2.31. The van der Waals surface area contributed by atoms with Crippen LogP contribution in [0.3, 0.4) is 0 Å². The lowest BCUT2D eigenvalue weighted by Crippen LogP contribution is -2.15. The van der Waals surface area contributed by atoms with Gasteiger partial charge in [0.15, 0.2) is 0 Å². The summed E-state index contributed by atoms with van der Waals surface area (Å²) in [4.78, 5) is 4.46. The van der Waals surface area contributed by atoms with E-state index in [4.69, 9.17) is 23.2 Å². The van der Waals surface area contributed by atoms with Crippen LogP contribution in [0, 0.1) is 0 Å². The van der Waals surface area contributed by atoms with Gasteiger partial charge in [0.05, 0.1) is 5.71 Å². The number of nitrogens with zero attached hydrogens (tertiary/aromatic N) is 1. The standard InChI is InChI=1S/C15H10Cl2N2/c1-9-18-14-7-6-10(16)8-12(14)15(19-9)11-4-2-3-5-13(11)17/h2-8,18H,1H2. The minimum Gasteiger partial charge on any atom is -0.340 e. The van der Waals surface area contributed by atoms with Crippen molar-refractivity contribution >= 4 is 34.6 Å². The Morgan fingerprint density at radius 3 is 2.58 bits per heavy atom. The fourth-order valence-electron chi connectivity index (χ4n) is 2.06. The van der Waals surface area contributed by atoms with Gasteiger partial charge in [-0.1, -0.05) is 48.0 Å². The lowest BCUT2D eigenvalue weighted by atomic mass is 9.99. The third-order valence-electron chi connectivity index (χ3n) is 2.89. The minimum atomic E-state index is 0.588. The number of hydrogen-bond donors (Lipinski definition) is 1. The summed E-state index contributed by atoms with van der Waals surface area (Å²) in [6.45, 7) is 3.87. The van der Waals surface area contributed by atoms with Crippen LogP contribution in [0.15, 0.2) is 59.9 Å². The molecule has 0 aliphatic carbocycles. The fourth-order valence-corrected chi connectivity index (χ4v) is 2.46. The Balaban J connectivity index is 2.24. The van der Waals surface area contributed by atoms with Gasteiger partial charge in [-0.05, 0) is 24.3 Å². The predicted octanol–water partition coefficient (Wildman–Crippen LogP) is 4.73.